The Morgan fingerprint density at radius 3 is 2.64 bits per heavy atom. The molecule has 0 bridgehead atoms. The minimum absolute atomic E-state index is 0.0777. The van der Waals surface area contributed by atoms with Crippen LogP contribution in [0.1, 0.15) is 5.56 Å². The van der Waals surface area contributed by atoms with Crippen LogP contribution in [-0.4, -0.2) is 9.91 Å². The number of aromatic nitrogens is 1. The number of nitriles is 1. The second kappa shape index (κ2) is 6.51. The highest BCUT2D eigenvalue weighted by Crippen LogP contribution is 2.35. The van der Waals surface area contributed by atoms with E-state index >= 15 is 0 Å². The molecule has 0 atom stereocenters. The molecule has 1 aromatic heterocycles. The van der Waals surface area contributed by atoms with Gasteiger partial charge in [-0.15, -0.1) is 0 Å². The van der Waals surface area contributed by atoms with Gasteiger partial charge >= 0.3 is 0 Å². The summed E-state index contributed by atoms with van der Waals surface area (Å²) in [5.41, 5.74) is 0.861. The minimum atomic E-state index is -0.594. The molecule has 0 aliphatic rings. The van der Waals surface area contributed by atoms with Crippen LogP contribution in [0.2, 0.25) is 10.0 Å². The summed E-state index contributed by atoms with van der Waals surface area (Å²) in [6.45, 7) is 0. The molecule has 1 N–H and O–H groups in total. The first-order chi connectivity index (χ1) is 11.9. The van der Waals surface area contributed by atoms with E-state index in [1.165, 1.54) is 30.5 Å². The largest absolute Gasteiger partial charge is 0.354 e. The standard InChI is InChI=1S/C16H7Cl2FN4O2/c17-12-3-9(1-2-14(12)19)22-15-8(6-20)7-21-16-11(15)4-10(23(24)25)5-13(16)18/h1-5,7H,(H,21,22). The van der Waals surface area contributed by atoms with E-state index in [1.807, 2.05) is 6.07 Å². The van der Waals surface area contributed by atoms with Crippen molar-refractivity contribution in [3.63, 3.8) is 0 Å². The molecule has 0 fully saturated rings. The molecule has 0 saturated carbocycles. The van der Waals surface area contributed by atoms with E-state index in [0.29, 0.717) is 16.6 Å². The highest BCUT2D eigenvalue weighted by Gasteiger charge is 2.17. The van der Waals surface area contributed by atoms with Crippen molar-refractivity contribution in [3.05, 3.63) is 68.1 Å². The zero-order chi connectivity index (χ0) is 18.1. The Morgan fingerprint density at radius 2 is 2.00 bits per heavy atom. The van der Waals surface area contributed by atoms with Crippen LogP contribution in [0.5, 0.6) is 0 Å². The number of halogens is 3. The van der Waals surface area contributed by atoms with E-state index in [9.17, 15) is 19.8 Å². The van der Waals surface area contributed by atoms with Crippen molar-refractivity contribution < 1.29 is 9.31 Å². The molecule has 3 rings (SSSR count). The molecule has 0 unspecified atom stereocenters. The molecular formula is C16H7Cl2FN4O2. The first-order valence-electron chi connectivity index (χ1n) is 6.79. The Hall–Kier alpha value is -2.95. The number of benzene rings is 2. The average molecular weight is 377 g/mol. The fourth-order valence-corrected chi connectivity index (χ4v) is 2.73. The number of fused-ring (bicyclic) bond motifs is 1. The van der Waals surface area contributed by atoms with Crippen LogP contribution in [0.3, 0.4) is 0 Å². The number of non-ortho nitro benzene ring substituents is 1. The molecule has 0 spiro atoms. The van der Waals surface area contributed by atoms with Crippen molar-refractivity contribution >= 4 is 51.2 Å². The third-order valence-electron chi connectivity index (χ3n) is 3.43. The lowest BCUT2D eigenvalue weighted by Crippen LogP contribution is -1.98. The van der Waals surface area contributed by atoms with Gasteiger partial charge in [0.15, 0.2) is 0 Å². The number of anilines is 2. The van der Waals surface area contributed by atoms with Crippen molar-refractivity contribution in [2.45, 2.75) is 0 Å². The van der Waals surface area contributed by atoms with Gasteiger partial charge in [0.25, 0.3) is 5.69 Å². The summed E-state index contributed by atoms with van der Waals surface area (Å²) < 4.78 is 13.3. The Balaban J connectivity index is 2.25. The summed E-state index contributed by atoms with van der Waals surface area (Å²) in [6.07, 6.45) is 1.30. The van der Waals surface area contributed by atoms with Gasteiger partial charge in [0.05, 0.1) is 31.7 Å². The topological polar surface area (TPSA) is 91.8 Å². The van der Waals surface area contributed by atoms with Crippen molar-refractivity contribution in [3.8, 4) is 6.07 Å². The summed E-state index contributed by atoms with van der Waals surface area (Å²) in [4.78, 5) is 14.6. The molecule has 0 amide bonds. The molecule has 2 aromatic carbocycles. The third-order valence-corrected chi connectivity index (χ3v) is 4.01. The molecule has 6 nitrogen and oxygen atoms in total. The zero-order valence-electron chi connectivity index (χ0n) is 12.3. The Kier molecular flexibility index (Phi) is 4.40. The Bertz CT molecular complexity index is 1070. The van der Waals surface area contributed by atoms with Crippen molar-refractivity contribution in [1.82, 2.24) is 4.98 Å². The number of hydrogen-bond donors (Lipinski definition) is 1. The van der Waals surface area contributed by atoms with Gasteiger partial charge in [-0.25, -0.2) is 4.39 Å². The van der Waals surface area contributed by atoms with Crippen LogP contribution in [0, 0.1) is 27.3 Å². The second-order valence-electron chi connectivity index (χ2n) is 4.99. The predicted molar refractivity (Wildman–Crippen MR) is 92.8 cm³/mol. The van der Waals surface area contributed by atoms with E-state index in [2.05, 4.69) is 10.3 Å². The van der Waals surface area contributed by atoms with Gasteiger partial charge in [0.1, 0.15) is 11.9 Å². The molecule has 0 aliphatic carbocycles. The van der Waals surface area contributed by atoms with Gasteiger partial charge in [-0.3, -0.25) is 15.1 Å². The smallest absolute Gasteiger partial charge is 0.271 e. The number of rotatable bonds is 3. The van der Waals surface area contributed by atoms with E-state index < -0.39 is 10.7 Å². The van der Waals surface area contributed by atoms with E-state index in [-0.39, 0.29) is 27.0 Å². The zero-order valence-corrected chi connectivity index (χ0v) is 13.8. The van der Waals surface area contributed by atoms with Crippen LogP contribution >= 0.6 is 23.2 Å². The number of nitrogens with zero attached hydrogens (tertiary/aromatic N) is 3. The number of pyridine rings is 1. The van der Waals surface area contributed by atoms with Crippen LogP contribution in [0.4, 0.5) is 21.5 Å². The summed E-state index contributed by atoms with van der Waals surface area (Å²) in [6, 6.07) is 8.33. The summed E-state index contributed by atoms with van der Waals surface area (Å²) in [5.74, 6) is -0.592. The highest BCUT2D eigenvalue weighted by molar-refractivity contribution is 6.35. The second-order valence-corrected chi connectivity index (χ2v) is 5.81. The Morgan fingerprint density at radius 1 is 1.24 bits per heavy atom. The van der Waals surface area contributed by atoms with Gasteiger partial charge in [-0.2, -0.15) is 5.26 Å². The SMILES string of the molecule is N#Cc1cnc2c(Cl)cc([N+](=O)[O-])cc2c1Nc1ccc(F)c(Cl)c1. The molecule has 0 saturated heterocycles. The van der Waals surface area contributed by atoms with Crippen LogP contribution in [0.25, 0.3) is 10.9 Å². The van der Waals surface area contributed by atoms with Crippen molar-refractivity contribution in [2.24, 2.45) is 0 Å². The monoisotopic (exact) mass is 376 g/mol. The summed E-state index contributed by atoms with van der Waals surface area (Å²) in [7, 11) is 0. The first-order valence-corrected chi connectivity index (χ1v) is 7.55. The number of nitrogens with one attached hydrogen (secondary N) is 1. The first kappa shape index (κ1) is 16.9. The van der Waals surface area contributed by atoms with Crippen LogP contribution in [-0.2, 0) is 0 Å². The van der Waals surface area contributed by atoms with Gasteiger partial charge in [0, 0.05) is 29.4 Å². The third kappa shape index (κ3) is 3.18. The number of nitro benzene ring substituents is 1. The van der Waals surface area contributed by atoms with Gasteiger partial charge in [-0.1, -0.05) is 23.2 Å². The molecular weight excluding hydrogens is 370 g/mol. The summed E-state index contributed by atoms with van der Waals surface area (Å²) >= 11 is 11.8. The van der Waals surface area contributed by atoms with Gasteiger partial charge in [0.2, 0.25) is 0 Å². The van der Waals surface area contributed by atoms with Gasteiger partial charge < -0.3 is 5.32 Å². The van der Waals surface area contributed by atoms with E-state index in [0.717, 1.165) is 6.07 Å². The van der Waals surface area contributed by atoms with Crippen molar-refractivity contribution in [2.75, 3.05) is 5.32 Å². The average Bonchev–Trinajstić information content (AvgIpc) is 2.58. The summed E-state index contributed by atoms with van der Waals surface area (Å²) in [5, 5.41) is 23.6. The maximum atomic E-state index is 13.3. The van der Waals surface area contributed by atoms with Crippen LogP contribution < -0.4 is 5.32 Å². The minimum Gasteiger partial charge on any atom is -0.354 e. The fraction of sp³-hybridized carbons (Fsp3) is 0. The number of hydrogen-bond acceptors (Lipinski definition) is 5. The molecule has 124 valence electrons. The number of nitro groups is 1. The molecule has 1 heterocycles. The lowest BCUT2D eigenvalue weighted by molar-refractivity contribution is -0.384. The van der Waals surface area contributed by atoms with Crippen LogP contribution in [0.15, 0.2) is 36.5 Å². The maximum Gasteiger partial charge on any atom is 0.271 e. The molecule has 0 radical (unpaired) electrons. The molecule has 3 aromatic rings. The lowest BCUT2D eigenvalue weighted by Gasteiger charge is -2.12. The van der Waals surface area contributed by atoms with E-state index in [1.54, 1.807) is 0 Å². The lowest BCUT2D eigenvalue weighted by atomic mass is 10.1. The van der Waals surface area contributed by atoms with Crippen molar-refractivity contribution in [1.29, 1.82) is 5.26 Å². The molecule has 0 aliphatic heterocycles. The maximum absolute atomic E-state index is 13.3. The Labute approximate surface area is 150 Å². The quantitative estimate of drug-likeness (QED) is 0.500. The molecule has 25 heavy (non-hydrogen) atoms. The predicted octanol–water partition coefficient (Wildman–Crippen LogP) is 5.20. The van der Waals surface area contributed by atoms with E-state index in [4.69, 9.17) is 23.2 Å². The molecule has 9 heteroatoms. The van der Waals surface area contributed by atoms with Gasteiger partial charge in [-0.05, 0) is 18.2 Å². The fourth-order valence-electron chi connectivity index (χ4n) is 2.29. The highest BCUT2D eigenvalue weighted by atomic mass is 35.5. The normalized spacial score (nSPS) is 10.5.